The molecule has 2 aliphatic heterocycles. The van der Waals surface area contributed by atoms with Gasteiger partial charge in [0.05, 0.1) is 24.3 Å². The number of aliphatic hydroxyl groups is 1. The molecule has 1 saturated heterocycles. The predicted octanol–water partition coefficient (Wildman–Crippen LogP) is 1.65. The molecular weight excluding hydrogens is 396 g/mol. The minimum absolute atomic E-state index is 0.00313. The molecule has 4 N–H and O–H groups in total. The van der Waals surface area contributed by atoms with Crippen LogP contribution in [0.1, 0.15) is 18.9 Å². The van der Waals surface area contributed by atoms with Crippen LogP contribution >= 0.6 is 0 Å². The van der Waals surface area contributed by atoms with E-state index in [1.807, 2.05) is 6.92 Å². The number of aliphatic hydroxyl groups excluding tert-OH is 1. The normalized spacial score (nSPS) is 21.9. The molecule has 3 atom stereocenters. The van der Waals surface area contributed by atoms with E-state index in [0.29, 0.717) is 23.5 Å². The highest BCUT2D eigenvalue weighted by Gasteiger charge is 2.47. The summed E-state index contributed by atoms with van der Waals surface area (Å²) in [5.41, 5.74) is 1.01. The van der Waals surface area contributed by atoms with Gasteiger partial charge in [-0.1, -0.05) is 19.1 Å². The third kappa shape index (κ3) is 4.18. The average Bonchev–Trinajstić information content (AvgIpc) is 2.70. The smallest absolute Gasteiger partial charge is 0.408 e. The van der Waals surface area contributed by atoms with Crippen molar-refractivity contribution >= 4 is 23.7 Å². The van der Waals surface area contributed by atoms with Crippen LogP contribution in [-0.4, -0.2) is 86.8 Å². The summed E-state index contributed by atoms with van der Waals surface area (Å²) in [5.74, 6) is -0.733. The van der Waals surface area contributed by atoms with Crippen LogP contribution in [0.5, 0.6) is 5.75 Å². The maximum atomic E-state index is 12.1. The summed E-state index contributed by atoms with van der Waals surface area (Å²) in [7, 11) is 0. The Morgan fingerprint density at radius 2 is 1.77 bits per heavy atom. The summed E-state index contributed by atoms with van der Waals surface area (Å²) >= 11 is 0. The molecule has 0 saturated carbocycles. The molecule has 1 aromatic rings. The van der Waals surface area contributed by atoms with Crippen LogP contribution in [0.25, 0.3) is 5.57 Å². The largest absolute Gasteiger partial charge is 0.493 e. The molecule has 2 aliphatic rings. The number of carboxylic acid groups (broad SMARTS) is 3. The molecule has 1 fully saturated rings. The van der Waals surface area contributed by atoms with Gasteiger partial charge in [0, 0.05) is 25.6 Å². The number of hydrogen-bond donors (Lipinski definition) is 4. The predicted molar refractivity (Wildman–Crippen MR) is 104 cm³/mol. The topological polar surface area (TPSA) is 148 Å². The van der Waals surface area contributed by atoms with Crippen LogP contribution < -0.4 is 4.74 Å². The van der Waals surface area contributed by atoms with E-state index in [2.05, 4.69) is 0 Å². The highest BCUT2D eigenvalue weighted by atomic mass is 16.5. The van der Waals surface area contributed by atoms with E-state index < -0.39 is 30.2 Å². The number of carbonyl (C=O) groups is 3. The van der Waals surface area contributed by atoms with Crippen molar-refractivity contribution in [2.75, 3.05) is 26.3 Å². The third-order valence-electron chi connectivity index (χ3n) is 5.42. The Kier molecular flexibility index (Phi) is 6.16. The van der Waals surface area contributed by atoms with Crippen molar-refractivity contribution in [3.63, 3.8) is 0 Å². The van der Waals surface area contributed by atoms with E-state index in [9.17, 15) is 29.7 Å². The van der Waals surface area contributed by atoms with Crippen molar-refractivity contribution in [3.05, 3.63) is 35.4 Å². The molecule has 162 valence electrons. The highest BCUT2D eigenvalue weighted by molar-refractivity contribution is 5.99. The van der Waals surface area contributed by atoms with Crippen molar-refractivity contribution in [1.82, 2.24) is 9.80 Å². The van der Waals surface area contributed by atoms with Gasteiger partial charge in [-0.2, -0.15) is 0 Å². The van der Waals surface area contributed by atoms with Gasteiger partial charge in [-0.05, 0) is 29.7 Å². The number of rotatable bonds is 6. The summed E-state index contributed by atoms with van der Waals surface area (Å²) in [4.78, 5) is 37.4. The lowest BCUT2D eigenvalue weighted by atomic mass is 9.82. The van der Waals surface area contributed by atoms with Crippen LogP contribution in [0.2, 0.25) is 0 Å². The Morgan fingerprint density at radius 1 is 1.10 bits per heavy atom. The van der Waals surface area contributed by atoms with Gasteiger partial charge in [0.2, 0.25) is 0 Å². The van der Waals surface area contributed by atoms with Gasteiger partial charge in [0.25, 0.3) is 0 Å². The second-order valence-corrected chi connectivity index (χ2v) is 7.57. The minimum atomic E-state index is -1.27. The van der Waals surface area contributed by atoms with Crippen molar-refractivity contribution < 1.29 is 39.5 Å². The summed E-state index contributed by atoms with van der Waals surface area (Å²) in [6, 6.07) is 5.04. The van der Waals surface area contributed by atoms with Crippen LogP contribution in [0.15, 0.2) is 29.8 Å². The van der Waals surface area contributed by atoms with Crippen molar-refractivity contribution in [3.8, 4) is 5.75 Å². The third-order valence-corrected chi connectivity index (χ3v) is 5.42. The Morgan fingerprint density at radius 3 is 2.30 bits per heavy atom. The first-order chi connectivity index (χ1) is 14.2. The van der Waals surface area contributed by atoms with Gasteiger partial charge in [-0.15, -0.1) is 0 Å². The molecule has 1 aromatic carbocycles. The molecule has 0 aliphatic carbocycles. The quantitative estimate of drug-likeness (QED) is 0.543. The maximum absolute atomic E-state index is 12.1. The number of hydrogen-bond acceptors (Lipinski definition) is 5. The second-order valence-electron chi connectivity index (χ2n) is 7.57. The van der Waals surface area contributed by atoms with Gasteiger partial charge in [0.1, 0.15) is 5.75 Å². The van der Waals surface area contributed by atoms with E-state index in [0.717, 1.165) is 9.80 Å². The summed E-state index contributed by atoms with van der Waals surface area (Å²) in [5, 5.41) is 37.8. The number of ether oxygens (including phenoxy) is 1. The molecule has 2 amide bonds. The second kappa shape index (κ2) is 8.62. The van der Waals surface area contributed by atoms with Gasteiger partial charge in [0.15, 0.2) is 0 Å². The average molecular weight is 420 g/mol. The number of aliphatic carboxylic acids is 1. The molecule has 10 nitrogen and oxygen atoms in total. The number of benzene rings is 1. The maximum Gasteiger partial charge on any atom is 0.408 e. The van der Waals surface area contributed by atoms with E-state index in [1.54, 1.807) is 24.3 Å². The summed E-state index contributed by atoms with van der Waals surface area (Å²) in [6.07, 6.45) is -2.38. The minimum Gasteiger partial charge on any atom is -0.493 e. The fraction of sp³-hybridized carbons (Fsp3) is 0.450. The number of amides is 2. The summed E-state index contributed by atoms with van der Waals surface area (Å²) in [6.45, 7) is 1.93. The zero-order chi connectivity index (χ0) is 22.0. The fourth-order valence-electron chi connectivity index (χ4n) is 3.94. The lowest BCUT2D eigenvalue weighted by Crippen LogP contribution is -2.64. The Bertz CT molecular complexity index is 866. The van der Waals surface area contributed by atoms with Gasteiger partial charge < -0.3 is 30.1 Å². The van der Waals surface area contributed by atoms with Crippen molar-refractivity contribution in [2.24, 2.45) is 5.92 Å². The first-order valence-corrected chi connectivity index (χ1v) is 9.52. The molecular formula is C20H24N2O8. The van der Waals surface area contributed by atoms with Crippen molar-refractivity contribution in [2.45, 2.75) is 25.4 Å². The lowest BCUT2D eigenvalue weighted by molar-refractivity contribution is -0.133. The van der Waals surface area contributed by atoms with Gasteiger partial charge in [-0.25, -0.2) is 14.4 Å². The van der Waals surface area contributed by atoms with Crippen LogP contribution in [0, 0.1) is 5.92 Å². The van der Waals surface area contributed by atoms with E-state index in [-0.39, 0.29) is 37.6 Å². The monoisotopic (exact) mass is 420 g/mol. The standard InChI is InChI=1S/C20H24N2O8/c1-11(9-23)10-30-14-4-2-12(3-5-14)15-6-13-7-21(19(26)27)8-16(17(15)18(24)25)22(13)20(28)29/h2-5,11,13,16,23H,6-10H2,1H3,(H,24,25)(H,26,27)(H,28,29)/t11-,13-,16-/m1/s1. The number of carboxylic acids is 1. The molecule has 0 aromatic heterocycles. The molecule has 0 unspecified atom stereocenters. The number of piperazine rings is 1. The van der Waals surface area contributed by atoms with E-state index >= 15 is 0 Å². The summed E-state index contributed by atoms with van der Waals surface area (Å²) < 4.78 is 5.59. The van der Waals surface area contributed by atoms with E-state index in [4.69, 9.17) is 9.84 Å². The molecule has 0 radical (unpaired) electrons. The number of nitrogens with zero attached hydrogens (tertiary/aromatic N) is 2. The molecule has 2 heterocycles. The van der Waals surface area contributed by atoms with E-state index in [1.165, 1.54) is 0 Å². The van der Waals surface area contributed by atoms with Crippen LogP contribution in [0.3, 0.4) is 0 Å². The Labute approximate surface area is 172 Å². The zero-order valence-electron chi connectivity index (χ0n) is 16.4. The molecule has 0 spiro atoms. The Hall–Kier alpha value is -3.27. The van der Waals surface area contributed by atoms with Crippen LogP contribution in [-0.2, 0) is 4.79 Å². The molecule has 10 heteroatoms. The zero-order valence-corrected chi connectivity index (χ0v) is 16.4. The fourth-order valence-corrected chi connectivity index (χ4v) is 3.94. The lowest BCUT2D eigenvalue weighted by Gasteiger charge is -2.48. The Balaban J connectivity index is 1.95. The first-order valence-electron chi connectivity index (χ1n) is 9.52. The van der Waals surface area contributed by atoms with Gasteiger partial charge in [-0.3, -0.25) is 4.90 Å². The first kappa shape index (κ1) is 21.4. The molecule has 3 rings (SSSR count). The SMILES string of the molecule is C[C@H](CO)COc1ccc(C2=C(C(=O)O)[C@H]3CN(C(=O)O)C[C@@H](C2)N3C(=O)O)cc1. The van der Waals surface area contributed by atoms with Crippen molar-refractivity contribution in [1.29, 1.82) is 0 Å². The number of fused-ring (bicyclic) bond motifs is 2. The highest BCUT2D eigenvalue weighted by Crippen LogP contribution is 2.38. The van der Waals surface area contributed by atoms with Crippen LogP contribution in [0.4, 0.5) is 9.59 Å². The van der Waals surface area contributed by atoms with Gasteiger partial charge >= 0.3 is 18.2 Å². The molecule has 2 bridgehead atoms. The molecule has 30 heavy (non-hydrogen) atoms.